The third kappa shape index (κ3) is 4.44. The molecule has 8 nitrogen and oxygen atoms in total. The van der Waals surface area contributed by atoms with E-state index in [0.717, 1.165) is 11.8 Å². The zero-order valence-electron chi connectivity index (χ0n) is 16.9. The van der Waals surface area contributed by atoms with Crippen LogP contribution in [-0.2, 0) is 9.53 Å². The molecule has 2 saturated heterocycles. The first-order chi connectivity index (χ1) is 15.4. The van der Waals surface area contributed by atoms with Gasteiger partial charge in [0.05, 0.1) is 40.9 Å². The van der Waals surface area contributed by atoms with Crippen LogP contribution in [0.3, 0.4) is 0 Å². The Morgan fingerprint density at radius 3 is 2.66 bits per heavy atom. The number of carbonyl (C=O) groups is 1. The van der Waals surface area contributed by atoms with Gasteiger partial charge in [0.1, 0.15) is 11.4 Å². The maximum absolute atomic E-state index is 13.0. The fraction of sp³-hybridized carbons (Fsp3) is 0.238. The van der Waals surface area contributed by atoms with Crippen LogP contribution in [0.25, 0.3) is 6.08 Å². The number of morpholine rings is 1. The number of carbonyl (C=O) groups excluding carboxylic acids is 1. The molecule has 1 amide bonds. The van der Waals surface area contributed by atoms with Gasteiger partial charge in [-0.25, -0.2) is 0 Å². The normalized spacial score (nSPS) is 17.9. The summed E-state index contributed by atoms with van der Waals surface area (Å²) in [6, 6.07) is 9.90. The topological polar surface area (TPSA) is 85.2 Å². The van der Waals surface area contributed by atoms with Crippen molar-refractivity contribution >= 4 is 68.9 Å². The van der Waals surface area contributed by atoms with Crippen molar-refractivity contribution < 1.29 is 19.2 Å². The summed E-state index contributed by atoms with van der Waals surface area (Å²) in [7, 11) is 1.51. The largest absolute Gasteiger partial charge is 0.495 e. The van der Waals surface area contributed by atoms with Crippen molar-refractivity contribution in [3.05, 3.63) is 62.0 Å². The van der Waals surface area contributed by atoms with E-state index in [0.29, 0.717) is 63.2 Å². The Balaban J connectivity index is 1.63. The number of nitro groups is 1. The zero-order valence-corrected chi connectivity index (χ0v) is 19.3. The average molecular weight is 492 g/mol. The molecular weight excluding hydrogens is 474 g/mol. The van der Waals surface area contributed by atoms with E-state index in [2.05, 4.69) is 0 Å². The standard InChI is InChI=1S/C21H18ClN3O5S2/c1-29-18-5-3-14(12-15(18)22)24-20(26)19(32-21(24)31)11-13-2-4-16(17(10-13)25(27)28)23-6-8-30-9-7-23/h2-5,10-12H,6-9H2,1H3/b19-11-. The van der Waals surface area contributed by atoms with Gasteiger partial charge in [0, 0.05) is 19.2 Å². The second kappa shape index (κ2) is 9.45. The molecule has 0 aromatic heterocycles. The molecule has 32 heavy (non-hydrogen) atoms. The van der Waals surface area contributed by atoms with E-state index < -0.39 is 4.92 Å². The molecule has 2 fully saturated rings. The predicted molar refractivity (Wildman–Crippen MR) is 130 cm³/mol. The van der Waals surface area contributed by atoms with E-state index in [4.69, 9.17) is 33.3 Å². The number of ether oxygens (including phenoxy) is 2. The molecule has 0 N–H and O–H groups in total. The molecule has 0 saturated carbocycles. The summed E-state index contributed by atoms with van der Waals surface area (Å²) >= 11 is 12.7. The monoisotopic (exact) mass is 491 g/mol. The van der Waals surface area contributed by atoms with E-state index >= 15 is 0 Å². The number of halogens is 1. The van der Waals surface area contributed by atoms with E-state index in [1.807, 2.05) is 4.90 Å². The first-order valence-electron chi connectivity index (χ1n) is 9.61. The van der Waals surface area contributed by atoms with E-state index in [9.17, 15) is 14.9 Å². The van der Waals surface area contributed by atoms with Crippen LogP contribution >= 0.6 is 35.6 Å². The van der Waals surface area contributed by atoms with Crippen molar-refractivity contribution in [3.63, 3.8) is 0 Å². The zero-order chi connectivity index (χ0) is 22.8. The number of benzene rings is 2. The highest BCUT2D eigenvalue weighted by molar-refractivity contribution is 8.27. The lowest BCUT2D eigenvalue weighted by molar-refractivity contribution is -0.384. The third-order valence-corrected chi connectivity index (χ3v) is 6.63. The van der Waals surface area contributed by atoms with E-state index in [1.165, 1.54) is 18.1 Å². The van der Waals surface area contributed by atoms with Crippen molar-refractivity contribution in [1.82, 2.24) is 0 Å². The fourth-order valence-corrected chi connectivity index (χ4v) is 5.04. The van der Waals surface area contributed by atoms with Crippen LogP contribution in [0.15, 0.2) is 41.3 Å². The minimum absolute atomic E-state index is 0.0157. The quantitative estimate of drug-likeness (QED) is 0.261. The van der Waals surface area contributed by atoms with Crippen LogP contribution in [0.4, 0.5) is 17.1 Å². The number of thiocarbonyl (C=S) groups is 1. The van der Waals surface area contributed by atoms with Gasteiger partial charge in [0.25, 0.3) is 11.6 Å². The van der Waals surface area contributed by atoms with E-state index in [-0.39, 0.29) is 11.6 Å². The van der Waals surface area contributed by atoms with Crippen LogP contribution in [0.1, 0.15) is 5.56 Å². The highest BCUT2D eigenvalue weighted by Gasteiger charge is 2.34. The number of nitro benzene ring substituents is 1. The van der Waals surface area contributed by atoms with Gasteiger partial charge in [-0.15, -0.1) is 0 Å². The van der Waals surface area contributed by atoms with Crippen LogP contribution in [0, 0.1) is 10.1 Å². The Labute approximate surface area is 198 Å². The molecule has 166 valence electrons. The van der Waals surface area contributed by atoms with Gasteiger partial charge in [-0.1, -0.05) is 41.6 Å². The molecular formula is C21H18ClN3O5S2. The summed E-state index contributed by atoms with van der Waals surface area (Å²) in [5, 5.41) is 12.1. The lowest BCUT2D eigenvalue weighted by Gasteiger charge is -2.28. The number of nitrogens with zero attached hydrogens (tertiary/aromatic N) is 3. The van der Waals surface area contributed by atoms with Gasteiger partial charge in [0.15, 0.2) is 4.32 Å². The maximum atomic E-state index is 13.0. The molecule has 2 aromatic rings. The van der Waals surface area contributed by atoms with Crippen molar-refractivity contribution in [3.8, 4) is 5.75 Å². The number of hydrogen-bond donors (Lipinski definition) is 0. The molecule has 2 aliphatic rings. The summed E-state index contributed by atoms with van der Waals surface area (Å²) in [5.41, 5.74) is 1.59. The first kappa shape index (κ1) is 22.5. The molecule has 2 heterocycles. The number of anilines is 2. The molecule has 2 aromatic carbocycles. The van der Waals surface area contributed by atoms with Crippen molar-refractivity contribution in [2.75, 3.05) is 43.2 Å². The Bertz CT molecular complexity index is 1130. The van der Waals surface area contributed by atoms with Crippen molar-refractivity contribution in [2.24, 2.45) is 0 Å². The van der Waals surface area contributed by atoms with Crippen LogP contribution in [0.5, 0.6) is 5.75 Å². The van der Waals surface area contributed by atoms with Crippen molar-refractivity contribution in [1.29, 1.82) is 0 Å². The van der Waals surface area contributed by atoms with Gasteiger partial charge in [-0.05, 0) is 35.9 Å². The maximum Gasteiger partial charge on any atom is 0.293 e. The minimum atomic E-state index is -0.410. The summed E-state index contributed by atoms with van der Waals surface area (Å²) in [4.78, 5) is 28.0. The lowest BCUT2D eigenvalue weighted by atomic mass is 10.1. The molecule has 2 aliphatic heterocycles. The number of hydrogen-bond acceptors (Lipinski definition) is 8. The lowest BCUT2D eigenvalue weighted by Crippen LogP contribution is -2.36. The second-order valence-electron chi connectivity index (χ2n) is 6.94. The highest BCUT2D eigenvalue weighted by Crippen LogP contribution is 2.39. The number of methoxy groups -OCH3 is 1. The highest BCUT2D eigenvalue weighted by atomic mass is 35.5. The van der Waals surface area contributed by atoms with E-state index in [1.54, 1.807) is 36.4 Å². The van der Waals surface area contributed by atoms with Gasteiger partial charge < -0.3 is 14.4 Å². The second-order valence-corrected chi connectivity index (χ2v) is 9.02. The molecule has 0 bridgehead atoms. The minimum Gasteiger partial charge on any atom is -0.495 e. The molecule has 0 spiro atoms. The van der Waals surface area contributed by atoms with Crippen molar-refractivity contribution in [2.45, 2.75) is 0 Å². The number of rotatable bonds is 5. The Morgan fingerprint density at radius 1 is 1.25 bits per heavy atom. The van der Waals surface area contributed by atoms with Gasteiger partial charge >= 0.3 is 0 Å². The molecule has 11 heteroatoms. The predicted octanol–water partition coefficient (Wildman–Crippen LogP) is 4.50. The molecule has 0 radical (unpaired) electrons. The molecule has 4 rings (SSSR count). The number of amides is 1. The summed E-state index contributed by atoms with van der Waals surface area (Å²) in [6.45, 7) is 2.22. The Morgan fingerprint density at radius 2 is 2.00 bits per heavy atom. The summed E-state index contributed by atoms with van der Waals surface area (Å²) in [5.74, 6) is 0.171. The SMILES string of the molecule is COc1ccc(N2C(=O)/C(=C/c3ccc(N4CCOCC4)c([N+](=O)[O-])c3)SC2=S)cc1Cl. The third-order valence-electron chi connectivity index (χ3n) is 5.03. The van der Waals surface area contributed by atoms with Gasteiger partial charge in [0.2, 0.25) is 0 Å². The first-order valence-corrected chi connectivity index (χ1v) is 11.2. The van der Waals surface area contributed by atoms with Crippen LogP contribution in [0.2, 0.25) is 5.02 Å². The number of thioether (sulfide) groups is 1. The Kier molecular flexibility index (Phi) is 6.66. The van der Waals surface area contributed by atoms with Gasteiger partial charge in [-0.2, -0.15) is 0 Å². The van der Waals surface area contributed by atoms with Crippen LogP contribution in [-0.4, -0.2) is 48.6 Å². The van der Waals surface area contributed by atoms with Crippen LogP contribution < -0.4 is 14.5 Å². The molecule has 0 atom stereocenters. The molecule has 0 unspecified atom stereocenters. The average Bonchev–Trinajstić information content (AvgIpc) is 3.06. The Hall–Kier alpha value is -2.66. The smallest absolute Gasteiger partial charge is 0.293 e. The summed E-state index contributed by atoms with van der Waals surface area (Å²) in [6.07, 6.45) is 1.61. The van der Waals surface area contributed by atoms with Gasteiger partial charge in [-0.3, -0.25) is 19.8 Å². The molecule has 0 aliphatic carbocycles. The fourth-order valence-electron chi connectivity index (χ4n) is 3.48. The summed E-state index contributed by atoms with van der Waals surface area (Å²) < 4.78 is 10.8.